The Hall–Kier alpha value is -3.28. The van der Waals surface area contributed by atoms with Crippen molar-refractivity contribution in [1.82, 2.24) is 14.9 Å². The number of benzene rings is 2. The molecule has 6 heteroatoms. The first-order valence-electron chi connectivity index (χ1n) is 9.06. The highest BCUT2D eigenvalue weighted by Gasteiger charge is 2.22. The highest BCUT2D eigenvalue weighted by atomic mass is 16.5. The monoisotopic (exact) mass is 379 g/mol. The van der Waals surface area contributed by atoms with Gasteiger partial charge in [-0.2, -0.15) is 0 Å². The average molecular weight is 379 g/mol. The maximum absolute atomic E-state index is 12.9. The quantitative estimate of drug-likeness (QED) is 0.685. The fourth-order valence-electron chi connectivity index (χ4n) is 3.14. The Balaban J connectivity index is 1.94. The van der Waals surface area contributed by atoms with Crippen LogP contribution >= 0.6 is 0 Å². The van der Waals surface area contributed by atoms with Crippen molar-refractivity contribution in [3.8, 4) is 11.5 Å². The lowest BCUT2D eigenvalue weighted by Gasteiger charge is -2.21. The zero-order chi connectivity index (χ0) is 20.1. The lowest BCUT2D eigenvalue weighted by Crippen LogP contribution is -2.32. The second-order valence-corrected chi connectivity index (χ2v) is 6.65. The Morgan fingerprint density at radius 3 is 2.39 bits per heavy atom. The molecule has 0 radical (unpaired) electrons. The van der Waals surface area contributed by atoms with Gasteiger partial charge >= 0.3 is 0 Å². The van der Waals surface area contributed by atoms with Gasteiger partial charge in [-0.3, -0.25) is 4.79 Å². The fraction of sp³-hybridized carbons (Fsp3) is 0.273. The van der Waals surface area contributed by atoms with Gasteiger partial charge in [0.1, 0.15) is 23.4 Å². The largest absolute Gasteiger partial charge is 0.497 e. The third-order valence-electron chi connectivity index (χ3n) is 4.74. The van der Waals surface area contributed by atoms with Crippen molar-refractivity contribution in [3.05, 3.63) is 77.4 Å². The number of ether oxygens (including phenoxy) is 2. The molecule has 1 atom stereocenters. The maximum Gasteiger partial charge on any atom is 0.225 e. The Kier molecular flexibility index (Phi) is 5.99. The molecule has 1 aromatic heterocycles. The summed E-state index contributed by atoms with van der Waals surface area (Å²) in [6.45, 7) is 2.01. The standard InChI is InChI=1S/C22H25N3O3/c1-15-7-5-6-8-16(15)13-20(26)24-21(22-23-9-10-25(22)2)17-11-18(27-3)14-19(12-17)28-4/h5-12,14,21H,13H2,1-4H3,(H,24,26). The molecule has 28 heavy (non-hydrogen) atoms. The topological polar surface area (TPSA) is 65.4 Å². The van der Waals surface area contributed by atoms with Gasteiger partial charge in [-0.15, -0.1) is 0 Å². The Morgan fingerprint density at radius 2 is 1.82 bits per heavy atom. The summed E-state index contributed by atoms with van der Waals surface area (Å²) in [6, 6.07) is 13.0. The van der Waals surface area contributed by atoms with Crippen LogP contribution < -0.4 is 14.8 Å². The molecule has 3 rings (SSSR count). The Labute approximate surface area is 165 Å². The minimum atomic E-state index is -0.430. The molecule has 146 valence electrons. The van der Waals surface area contributed by atoms with Crippen LogP contribution in [0.3, 0.4) is 0 Å². The highest BCUT2D eigenvalue weighted by Crippen LogP contribution is 2.29. The second kappa shape index (κ2) is 8.61. The number of imidazole rings is 1. The molecule has 0 aliphatic rings. The molecular weight excluding hydrogens is 354 g/mol. The fourth-order valence-corrected chi connectivity index (χ4v) is 3.14. The number of methoxy groups -OCH3 is 2. The predicted octanol–water partition coefficient (Wildman–Crippen LogP) is 3.19. The first kappa shape index (κ1) is 19.5. The van der Waals surface area contributed by atoms with E-state index in [-0.39, 0.29) is 5.91 Å². The molecule has 1 N–H and O–H groups in total. The van der Waals surface area contributed by atoms with Crippen LogP contribution in [0.4, 0.5) is 0 Å². The van der Waals surface area contributed by atoms with Gasteiger partial charge in [0.15, 0.2) is 0 Å². The molecule has 3 aromatic rings. The predicted molar refractivity (Wildman–Crippen MR) is 108 cm³/mol. The zero-order valence-corrected chi connectivity index (χ0v) is 16.6. The first-order chi connectivity index (χ1) is 13.5. The lowest BCUT2D eigenvalue weighted by atomic mass is 10.0. The molecule has 1 unspecified atom stereocenters. The summed E-state index contributed by atoms with van der Waals surface area (Å²) in [5.74, 6) is 1.96. The third kappa shape index (κ3) is 4.34. The van der Waals surface area contributed by atoms with Gasteiger partial charge in [-0.25, -0.2) is 4.98 Å². The van der Waals surface area contributed by atoms with E-state index in [2.05, 4.69) is 10.3 Å². The van der Waals surface area contributed by atoms with E-state index in [0.717, 1.165) is 22.5 Å². The number of nitrogens with one attached hydrogen (secondary N) is 1. The van der Waals surface area contributed by atoms with Crippen LogP contribution in [0.25, 0.3) is 0 Å². The molecule has 1 amide bonds. The molecule has 6 nitrogen and oxygen atoms in total. The summed E-state index contributed by atoms with van der Waals surface area (Å²) >= 11 is 0. The molecule has 0 spiro atoms. The number of carbonyl (C=O) groups excluding carboxylic acids is 1. The van der Waals surface area contributed by atoms with Crippen molar-refractivity contribution >= 4 is 5.91 Å². The molecule has 2 aromatic carbocycles. The van der Waals surface area contributed by atoms with Gasteiger partial charge in [-0.05, 0) is 35.7 Å². The van der Waals surface area contributed by atoms with Crippen molar-refractivity contribution < 1.29 is 14.3 Å². The number of hydrogen-bond donors (Lipinski definition) is 1. The van der Waals surface area contributed by atoms with E-state index in [9.17, 15) is 4.79 Å². The summed E-state index contributed by atoms with van der Waals surface area (Å²) < 4.78 is 12.7. The van der Waals surface area contributed by atoms with E-state index in [4.69, 9.17) is 9.47 Å². The van der Waals surface area contributed by atoms with E-state index in [1.165, 1.54) is 0 Å². The number of hydrogen-bond acceptors (Lipinski definition) is 4. The Bertz CT molecular complexity index is 943. The van der Waals surface area contributed by atoms with Crippen LogP contribution in [-0.4, -0.2) is 29.7 Å². The number of aromatic nitrogens is 2. The molecule has 1 heterocycles. The first-order valence-corrected chi connectivity index (χ1v) is 9.06. The number of rotatable bonds is 7. The third-order valence-corrected chi connectivity index (χ3v) is 4.74. The zero-order valence-electron chi connectivity index (χ0n) is 16.6. The summed E-state index contributed by atoms with van der Waals surface area (Å²) in [7, 11) is 5.11. The number of amides is 1. The van der Waals surface area contributed by atoms with E-state index >= 15 is 0 Å². The van der Waals surface area contributed by atoms with Gasteiger partial charge < -0.3 is 19.4 Å². The summed E-state index contributed by atoms with van der Waals surface area (Å²) in [5, 5.41) is 3.12. The van der Waals surface area contributed by atoms with Gasteiger partial charge in [-0.1, -0.05) is 24.3 Å². The highest BCUT2D eigenvalue weighted by molar-refractivity contribution is 5.79. The minimum Gasteiger partial charge on any atom is -0.497 e. The molecule has 0 aliphatic heterocycles. The van der Waals surface area contributed by atoms with E-state index in [1.54, 1.807) is 26.5 Å². The van der Waals surface area contributed by atoms with E-state index < -0.39 is 6.04 Å². The number of nitrogens with zero attached hydrogens (tertiary/aromatic N) is 2. The smallest absolute Gasteiger partial charge is 0.225 e. The van der Waals surface area contributed by atoms with Gasteiger partial charge in [0.2, 0.25) is 5.91 Å². The molecule has 0 aliphatic carbocycles. The molecule has 0 saturated carbocycles. The van der Waals surface area contributed by atoms with Crippen LogP contribution in [0.1, 0.15) is 28.6 Å². The summed E-state index contributed by atoms with van der Waals surface area (Å²) in [4.78, 5) is 17.3. The van der Waals surface area contributed by atoms with Gasteiger partial charge in [0.25, 0.3) is 0 Å². The number of aryl methyl sites for hydroxylation is 2. The second-order valence-electron chi connectivity index (χ2n) is 6.65. The van der Waals surface area contributed by atoms with Crippen LogP contribution in [0.15, 0.2) is 54.9 Å². The average Bonchev–Trinajstić information content (AvgIpc) is 3.13. The van der Waals surface area contributed by atoms with Crippen molar-refractivity contribution in [3.63, 3.8) is 0 Å². The number of carbonyl (C=O) groups is 1. The van der Waals surface area contributed by atoms with Crippen molar-refractivity contribution in [2.75, 3.05) is 14.2 Å². The molecule has 0 fully saturated rings. The lowest BCUT2D eigenvalue weighted by molar-refractivity contribution is -0.121. The van der Waals surface area contributed by atoms with Crippen molar-refractivity contribution in [2.24, 2.45) is 7.05 Å². The molecular formula is C22H25N3O3. The molecule has 0 bridgehead atoms. The van der Waals surface area contributed by atoms with Gasteiger partial charge in [0.05, 0.1) is 20.6 Å². The minimum absolute atomic E-state index is 0.0795. The SMILES string of the molecule is COc1cc(OC)cc(C(NC(=O)Cc2ccccc2C)c2nccn2C)c1. The normalized spacial score (nSPS) is 11.7. The van der Waals surface area contributed by atoms with Crippen molar-refractivity contribution in [1.29, 1.82) is 0 Å². The summed E-state index contributed by atoms with van der Waals surface area (Å²) in [6.07, 6.45) is 3.87. The van der Waals surface area contributed by atoms with E-state index in [0.29, 0.717) is 17.9 Å². The van der Waals surface area contributed by atoms with Crippen LogP contribution in [0.5, 0.6) is 11.5 Å². The van der Waals surface area contributed by atoms with Crippen molar-refractivity contribution in [2.45, 2.75) is 19.4 Å². The summed E-state index contributed by atoms with van der Waals surface area (Å²) in [5.41, 5.74) is 2.93. The molecule has 0 saturated heterocycles. The van der Waals surface area contributed by atoms with Gasteiger partial charge in [0, 0.05) is 25.5 Å². The van der Waals surface area contributed by atoms with Crippen LogP contribution in [-0.2, 0) is 18.3 Å². The van der Waals surface area contributed by atoms with Crippen LogP contribution in [0, 0.1) is 6.92 Å². The van der Waals surface area contributed by atoms with E-state index in [1.807, 2.05) is 61.1 Å². The Morgan fingerprint density at radius 1 is 1.14 bits per heavy atom. The van der Waals surface area contributed by atoms with Crippen LogP contribution in [0.2, 0.25) is 0 Å². The maximum atomic E-state index is 12.9.